The predicted molar refractivity (Wildman–Crippen MR) is 69.6 cm³/mol. The van der Waals surface area contributed by atoms with Crippen LogP contribution < -0.4 is 20.5 Å². The zero-order chi connectivity index (χ0) is 12.7. The number of rotatable bonds is 7. The second-order valence-corrected chi connectivity index (χ2v) is 3.93. The first kappa shape index (κ1) is 13.8. The average molecular weight is 238 g/mol. The fraction of sp³-hybridized carbons (Fsp3) is 0.538. The molecule has 0 radical (unpaired) electrons. The summed E-state index contributed by atoms with van der Waals surface area (Å²) in [4.78, 5) is 0. The van der Waals surface area contributed by atoms with Crippen LogP contribution >= 0.6 is 0 Å². The molecule has 0 saturated heterocycles. The molecule has 0 spiro atoms. The largest absolute Gasteiger partial charge is 0.497 e. The van der Waals surface area contributed by atoms with Gasteiger partial charge in [-0.15, -0.1) is 0 Å². The second-order valence-electron chi connectivity index (χ2n) is 3.93. The lowest BCUT2D eigenvalue weighted by atomic mass is 10.1. The van der Waals surface area contributed by atoms with Crippen LogP contribution in [0.4, 0.5) is 0 Å². The smallest absolute Gasteiger partial charge is 0.123 e. The van der Waals surface area contributed by atoms with Gasteiger partial charge in [0.1, 0.15) is 11.5 Å². The number of methoxy groups -OCH3 is 2. The standard InChI is InChI=1S/C13H22N2O2/c1-10(15-8-4-7-14)12-9-11(16-2)5-6-13(12)17-3/h5-6,9-10,15H,4,7-8,14H2,1-3H3. The molecule has 0 bridgehead atoms. The molecular weight excluding hydrogens is 216 g/mol. The maximum Gasteiger partial charge on any atom is 0.123 e. The van der Waals surface area contributed by atoms with Crippen molar-refractivity contribution in [3.8, 4) is 11.5 Å². The highest BCUT2D eigenvalue weighted by Gasteiger charge is 2.11. The lowest BCUT2D eigenvalue weighted by molar-refractivity contribution is 0.391. The van der Waals surface area contributed by atoms with Crippen molar-refractivity contribution in [2.45, 2.75) is 19.4 Å². The quantitative estimate of drug-likeness (QED) is 0.710. The van der Waals surface area contributed by atoms with Gasteiger partial charge in [0.2, 0.25) is 0 Å². The zero-order valence-electron chi connectivity index (χ0n) is 10.8. The van der Waals surface area contributed by atoms with Crippen molar-refractivity contribution in [3.05, 3.63) is 23.8 Å². The van der Waals surface area contributed by atoms with E-state index >= 15 is 0 Å². The first-order valence-electron chi connectivity index (χ1n) is 5.88. The number of benzene rings is 1. The summed E-state index contributed by atoms with van der Waals surface area (Å²) >= 11 is 0. The topological polar surface area (TPSA) is 56.5 Å². The third kappa shape index (κ3) is 3.91. The predicted octanol–water partition coefficient (Wildman–Crippen LogP) is 1.70. The lowest BCUT2D eigenvalue weighted by Crippen LogP contribution is -2.22. The molecule has 0 aliphatic rings. The van der Waals surface area contributed by atoms with Crippen LogP contribution in [0.1, 0.15) is 24.9 Å². The SMILES string of the molecule is COc1ccc(OC)c(C(C)NCCCN)c1. The van der Waals surface area contributed by atoms with Crippen LogP contribution in [0.2, 0.25) is 0 Å². The molecule has 0 fully saturated rings. The van der Waals surface area contributed by atoms with E-state index in [0.717, 1.165) is 30.0 Å². The van der Waals surface area contributed by atoms with E-state index in [0.29, 0.717) is 6.54 Å². The minimum absolute atomic E-state index is 0.214. The Morgan fingerprint density at radius 3 is 2.65 bits per heavy atom. The van der Waals surface area contributed by atoms with Crippen LogP contribution in [-0.4, -0.2) is 27.3 Å². The molecule has 0 aromatic heterocycles. The van der Waals surface area contributed by atoms with Crippen LogP contribution in [-0.2, 0) is 0 Å². The van der Waals surface area contributed by atoms with E-state index in [9.17, 15) is 0 Å². The van der Waals surface area contributed by atoms with Gasteiger partial charge in [-0.25, -0.2) is 0 Å². The van der Waals surface area contributed by atoms with Crippen molar-refractivity contribution in [2.75, 3.05) is 27.3 Å². The van der Waals surface area contributed by atoms with E-state index in [1.807, 2.05) is 18.2 Å². The fourth-order valence-electron chi connectivity index (χ4n) is 1.71. The third-order valence-electron chi connectivity index (χ3n) is 2.73. The van der Waals surface area contributed by atoms with Gasteiger partial charge < -0.3 is 20.5 Å². The van der Waals surface area contributed by atoms with E-state index in [-0.39, 0.29) is 6.04 Å². The third-order valence-corrected chi connectivity index (χ3v) is 2.73. The van der Waals surface area contributed by atoms with Gasteiger partial charge in [0, 0.05) is 11.6 Å². The number of nitrogens with two attached hydrogens (primary N) is 1. The summed E-state index contributed by atoms with van der Waals surface area (Å²) < 4.78 is 10.6. The molecule has 3 N–H and O–H groups in total. The molecule has 0 aliphatic heterocycles. The molecule has 1 aromatic carbocycles. The summed E-state index contributed by atoms with van der Waals surface area (Å²) in [6.45, 7) is 3.71. The molecule has 4 heteroatoms. The van der Waals surface area contributed by atoms with Crippen LogP contribution in [0, 0.1) is 0 Å². The maximum atomic E-state index is 5.47. The fourth-order valence-corrected chi connectivity index (χ4v) is 1.71. The van der Waals surface area contributed by atoms with E-state index in [1.54, 1.807) is 14.2 Å². The van der Waals surface area contributed by atoms with Crippen LogP contribution in [0.25, 0.3) is 0 Å². The highest BCUT2D eigenvalue weighted by Crippen LogP contribution is 2.28. The molecule has 0 aliphatic carbocycles. The van der Waals surface area contributed by atoms with E-state index in [1.165, 1.54) is 0 Å². The Labute approximate surface area is 103 Å². The molecule has 96 valence electrons. The number of hydrogen-bond acceptors (Lipinski definition) is 4. The molecule has 1 unspecified atom stereocenters. The van der Waals surface area contributed by atoms with Gasteiger partial charge in [-0.1, -0.05) is 0 Å². The van der Waals surface area contributed by atoms with Gasteiger partial charge in [-0.3, -0.25) is 0 Å². The minimum Gasteiger partial charge on any atom is -0.497 e. The monoisotopic (exact) mass is 238 g/mol. The Morgan fingerprint density at radius 1 is 1.29 bits per heavy atom. The molecule has 1 atom stereocenters. The van der Waals surface area contributed by atoms with Gasteiger partial charge in [0.15, 0.2) is 0 Å². The number of ether oxygens (including phenoxy) is 2. The van der Waals surface area contributed by atoms with Gasteiger partial charge >= 0.3 is 0 Å². The molecule has 0 amide bonds. The highest BCUT2D eigenvalue weighted by atomic mass is 16.5. The summed E-state index contributed by atoms with van der Waals surface area (Å²) in [7, 11) is 3.34. The summed E-state index contributed by atoms with van der Waals surface area (Å²) in [6.07, 6.45) is 0.969. The Bertz CT molecular complexity index is 342. The Hall–Kier alpha value is -1.26. The highest BCUT2D eigenvalue weighted by molar-refractivity contribution is 5.42. The number of hydrogen-bond donors (Lipinski definition) is 2. The minimum atomic E-state index is 0.214. The van der Waals surface area contributed by atoms with Crippen molar-refractivity contribution in [1.82, 2.24) is 5.32 Å². The van der Waals surface area contributed by atoms with Gasteiger partial charge in [0.25, 0.3) is 0 Å². The van der Waals surface area contributed by atoms with Crippen molar-refractivity contribution in [2.24, 2.45) is 5.73 Å². The van der Waals surface area contributed by atoms with Crippen molar-refractivity contribution in [3.63, 3.8) is 0 Å². The van der Waals surface area contributed by atoms with Crippen LogP contribution in [0.15, 0.2) is 18.2 Å². The zero-order valence-corrected chi connectivity index (χ0v) is 10.8. The van der Waals surface area contributed by atoms with Gasteiger partial charge in [0.05, 0.1) is 14.2 Å². The van der Waals surface area contributed by atoms with Crippen molar-refractivity contribution >= 4 is 0 Å². The lowest BCUT2D eigenvalue weighted by Gasteiger charge is -2.18. The van der Waals surface area contributed by atoms with Gasteiger partial charge in [-0.2, -0.15) is 0 Å². The first-order valence-corrected chi connectivity index (χ1v) is 5.88. The molecule has 0 saturated carbocycles. The van der Waals surface area contributed by atoms with Crippen LogP contribution in [0.3, 0.4) is 0 Å². The molecule has 4 nitrogen and oxygen atoms in total. The molecular formula is C13H22N2O2. The average Bonchev–Trinajstić information content (AvgIpc) is 2.38. The van der Waals surface area contributed by atoms with E-state index < -0.39 is 0 Å². The second kappa shape index (κ2) is 7.14. The normalized spacial score (nSPS) is 12.2. The maximum absolute atomic E-state index is 5.47. The molecule has 1 aromatic rings. The Kier molecular flexibility index (Phi) is 5.80. The summed E-state index contributed by atoms with van der Waals surface area (Å²) in [5, 5.41) is 3.41. The summed E-state index contributed by atoms with van der Waals surface area (Å²) in [5.41, 5.74) is 6.57. The van der Waals surface area contributed by atoms with E-state index in [4.69, 9.17) is 15.2 Å². The van der Waals surface area contributed by atoms with Crippen molar-refractivity contribution in [1.29, 1.82) is 0 Å². The van der Waals surface area contributed by atoms with Crippen LogP contribution in [0.5, 0.6) is 11.5 Å². The Balaban J connectivity index is 2.78. The molecule has 0 heterocycles. The number of nitrogens with one attached hydrogen (secondary N) is 1. The molecule has 17 heavy (non-hydrogen) atoms. The summed E-state index contributed by atoms with van der Waals surface area (Å²) in [5.74, 6) is 1.71. The first-order chi connectivity index (χ1) is 8.22. The Morgan fingerprint density at radius 2 is 2.06 bits per heavy atom. The van der Waals surface area contributed by atoms with E-state index in [2.05, 4.69) is 12.2 Å². The molecule has 1 rings (SSSR count). The van der Waals surface area contributed by atoms with Crippen molar-refractivity contribution < 1.29 is 9.47 Å². The van der Waals surface area contributed by atoms with Gasteiger partial charge in [-0.05, 0) is 44.6 Å². The summed E-state index contributed by atoms with van der Waals surface area (Å²) in [6, 6.07) is 6.04.